The first kappa shape index (κ1) is 25.2. The molecule has 10 nitrogen and oxygen atoms in total. The van der Waals surface area contributed by atoms with E-state index >= 15 is 0 Å². The van der Waals surface area contributed by atoms with Crippen LogP contribution in [0.5, 0.6) is 0 Å². The summed E-state index contributed by atoms with van der Waals surface area (Å²) in [7, 11) is -9.08. The fraction of sp³-hybridized carbons (Fsp3) is 0. The summed E-state index contributed by atoms with van der Waals surface area (Å²) in [6.45, 7) is 0. The molecule has 2 aromatic carbocycles. The van der Waals surface area contributed by atoms with Gasteiger partial charge in [-0.2, -0.15) is 16.8 Å². The van der Waals surface area contributed by atoms with E-state index in [-0.39, 0.29) is 95.9 Å². The van der Waals surface area contributed by atoms with E-state index in [1.165, 1.54) is 12.1 Å². The minimum absolute atomic E-state index is 0. The Hall–Kier alpha value is -1.06. The Bertz CT molecular complexity index is 1300. The largest absolute Gasteiger partial charge is 1.00 e. The van der Waals surface area contributed by atoms with Gasteiger partial charge in [-0.25, -0.2) is 9.98 Å². The van der Waals surface area contributed by atoms with Gasteiger partial charge in [-0.15, -0.1) is 0 Å². The van der Waals surface area contributed by atoms with Crippen LogP contribution in [-0.4, -0.2) is 48.9 Å². The molecule has 0 amide bonds. The average Bonchev–Trinajstić information content (AvgIpc) is 3.10. The Labute approximate surface area is 217 Å². The Balaban J connectivity index is 0.00000240. The molecule has 2 heterocycles. The van der Waals surface area contributed by atoms with Crippen LogP contribution in [-0.2, 0) is 20.2 Å². The molecule has 146 valence electrons. The molecule has 0 saturated carbocycles. The topological polar surface area (TPSA) is 168 Å². The normalized spacial score (nSPS) is 14.9. The summed E-state index contributed by atoms with van der Waals surface area (Å²) in [6, 6.07) is 6.39. The zero-order chi connectivity index (χ0) is 20.4. The Kier molecular flexibility index (Phi) is 7.11. The molecule has 4 rings (SSSR count). The molecule has 14 heteroatoms. The second-order valence-corrected chi connectivity index (χ2v) is 8.73. The number of nitrogens with zero attached hydrogens (tertiary/aromatic N) is 2. The number of fused-ring (bicyclic) bond motifs is 2. The van der Waals surface area contributed by atoms with Crippen LogP contribution in [0.1, 0.15) is 23.6 Å². The van der Waals surface area contributed by atoms with E-state index in [4.69, 9.17) is 9.11 Å². The van der Waals surface area contributed by atoms with Gasteiger partial charge in [0, 0.05) is 0 Å². The van der Waals surface area contributed by atoms with Gasteiger partial charge in [0.2, 0.25) is 11.6 Å². The van der Waals surface area contributed by atoms with Crippen molar-refractivity contribution < 1.29 is 97.5 Å². The quantitative estimate of drug-likeness (QED) is 0.337. The van der Waals surface area contributed by atoms with Gasteiger partial charge in [-0.3, -0.25) is 18.7 Å². The van der Waals surface area contributed by atoms with Crippen molar-refractivity contribution >= 4 is 54.6 Å². The number of aliphatic imine (C=N–C) groups is 2. The number of hydrogen-bond donors (Lipinski definition) is 2. The first-order valence-electron chi connectivity index (χ1n) is 7.47. The third-order valence-electron chi connectivity index (χ3n) is 4.14. The first-order valence-corrected chi connectivity index (χ1v) is 10.3. The van der Waals surface area contributed by atoms with Crippen LogP contribution in [0.15, 0.2) is 56.2 Å². The number of carbonyl (C=O) groups is 2. The zero-order valence-electron chi connectivity index (χ0n) is 17.5. The second-order valence-electron chi connectivity index (χ2n) is 5.89. The van der Waals surface area contributed by atoms with Crippen molar-refractivity contribution in [2.45, 2.75) is 9.79 Å². The molecule has 0 spiro atoms. The maximum Gasteiger partial charge on any atom is 1.00 e. The van der Waals surface area contributed by atoms with Crippen molar-refractivity contribution in [2.24, 2.45) is 9.98 Å². The third kappa shape index (κ3) is 4.30. The minimum atomic E-state index is -4.54. The molecule has 2 N–H and O–H groups in total. The number of benzene rings is 2. The predicted octanol–water partition coefficient (Wildman–Crippen LogP) is -4.35. The van der Waals surface area contributed by atoms with Gasteiger partial charge in [-0.1, -0.05) is 0 Å². The van der Waals surface area contributed by atoms with Gasteiger partial charge in [0.15, 0.2) is 0 Å². The Morgan fingerprint density at radius 1 is 0.667 bits per heavy atom. The molecule has 0 atom stereocenters. The number of hydrogen-bond acceptors (Lipinski definition) is 8. The first-order chi connectivity index (χ1) is 13.0. The van der Waals surface area contributed by atoms with Crippen molar-refractivity contribution in [3.8, 4) is 0 Å². The summed E-state index contributed by atoms with van der Waals surface area (Å²) in [6.07, 6.45) is 0. The van der Waals surface area contributed by atoms with Crippen molar-refractivity contribution in [3.05, 3.63) is 47.5 Å². The average molecular weight is 468 g/mol. The zero-order valence-corrected chi connectivity index (χ0v) is 21.2. The minimum Gasteiger partial charge on any atom is -1.00 e. The molecular weight excluding hydrogens is 458 g/mol. The van der Waals surface area contributed by atoms with Crippen molar-refractivity contribution in [2.75, 3.05) is 0 Å². The molecule has 0 radical (unpaired) electrons. The van der Waals surface area contributed by atoms with Crippen LogP contribution >= 0.6 is 0 Å². The second kappa shape index (κ2) is 8.47. The molecule has 0 aromatic heterocycles. The number of rotatable bonds is 3. The van der Waals surface area contributed by atoms with E-state index < -0.39 is 41.6 Å². The van der Waals surface area contributed by atoms with E-state index in [0.29, 0.717) is 0 Å². The molecule has 0 unspecified atom stereocenters. The maximum absolute atomic E-state index is 12.6. The third-order valence-corrected chi connectivity index (χ3v) is 5.84. The number of carbonyl (C=O) groups excluding carboxylic acids is 2. The molecule has 2 aliphatic rings. The van der Waals surface area contributed by atoms with Gasteiger partial charge < -0.3 is 2.85 Å². The standard InChI is InChI=1S/C16H8N2O8S2.2Na.2H/c19-15-9-5-7(27(21,22)23)1-3-11(9)17-13(15)14-16(20)10-6-8(28(24,25)26)2-4-12(10)18-14;;;;/h1-6H,(H,21,22,23)(H,24,25,26);;;;/q;2*+1;2*-1. The molecule has 2 aliphatic heterocycles. The Morgan fingerprint density at radius 2 is 1.00 bits per heavy atom. The summed E-state index contributed by atoms with van der Waals surface area (Å²) in [5.41, 5.74) is -0.741. The SMILES string of the molecule is O=C1C(C2=Nc3ccc(S(=O)(=O)O)cc3C2=O)=Nc2ccc(S(=O)(=O)O)cc21.[H-].[H-].[Na+].[Na+]. The van der Waals surface area contributed by atoms with Gasteiger partial charge in [0.05, 0.1) is 32.3 Å². The summed E-state index contributed by atoms with van der Waals surface area (Å²) in [5, 5.41) is 0. The van der Waals surface area contributed by atoms with E-state index in [1.54, 1.807) is 0 Å². The molecule has 0 fully saturated rings. The fourth-order valence-electron chi connectivity index (χ4n) is 2.83. The molecule has 0 saturated heterocycles. The van der Waals surface area contributed by atoms with Crippen molar-refractivity contribution in [1.82, 2.24) is 0 Å². The molecule has 2 aromatic rings. The van der Waals surface area contributed by atoms with Crippen LogP contribution in [0.3, 0.4) is 0 Å². The van der Waals surface area contributed by atoms with E-state index in [0.717, 1.165) is 24.3 Å². The molecule has 30 heavy (non-hydrogen) atoms. The smallest absolute Gasteiger partial charge is 1.00 e. The van der Waals surface area contributed by atoms with Crippen LogP contribution < -0.4 is 59.1 Å². The van der Waals surface area contributed by atoms with Crippen LogP contribution in [0.25, 0.3) is 0 Å². The Morgan fingerprint density at radius 3 is 1.30 bits per heavy atom. The molecule has 0 bridgehead atoms. The number of ketones is 2. The van der Waals surface area contributed by atoms with E-state index in [2.05, 4.69) is 9.98 Å². The summed E-state index contributed by atoms with van der Waals surface area (Å²) >= 11 is 0. The monoisotopic (exact) mass is 468 g/mol. The van der Waals surface area contributed by atoms with Gasteiger partial charge >= 0.3 is 59.1 Å². The molecule has 0 aliphatic carbocycles. The van der Waals surface area contributed by atoms with Crippen LogP contribution in [0, 0.1) is 0 Å². The summed E-state index contributed by atoms with van der Waals surface area (Å²) in [5.74, 6) is -1.54. The van der Waals surface area contributed by atoms with Crippen LogP contribution in [0.2, 0.25) is 0 Å². The van der Waals surface area contributed by atoms with Gasteiger partial charge in [0.25, 0.3) is 20.2 Å². The number of Topliss-reactive ketones (excluding diaryl/α,β-unsaturated/α-hetero) is 2. The van der Waals surface area contributed by atoms with Crippen molar-refractivity contribution in [1.29, 1.82) is 0 Å². The van der Waals surface area contributed by atoms with E-state index in [9.17, 15) is 26.4 Å². The summed E-state index contributed by atoms with van der Waals surface area (Å²) < 4.78 is 63.2. The fourth-order valence-corrected chi connectivity index (χ4v) is 3.84. The predicted molar refractivity (Wildman–Crippen MR) is 97.6 cm³/mol. The molecular formula is C16H10N2Na2O8S2. The maximum atomic E-state index is 12.6. The summed E-state index contributed by atoms with van der Waals surface area (Å²) in [4.78, 5) is 32.2. The van der Waals surface area contributed by atoms with Gasteiger partial charge in [0.1, 0.15) is 11.4 Å². The van der Waals surface area contributed by atoms with Crippen molar-refractivity contribution in [3.63, 3.8) is 0 Å². The van der Waals surface area contributed by atoms with Crippen LogP contribution in [0.4, 0.5) is 11.4 Å². The van der Waals surface area contributed by atoms with E-state index in [1.807, 2.05) is 0 Å². The van der Waals surface area contributed by atoms with Gasteiger partial charge in [-0.05, 0) is 36.4 Å².